The van der Waals surface area contributed by atoms with Crippen molar-refractivity contribution in [3.63, 3.8) is 0 Å². The smallest absolute Gasteiger partial charge is 0.323 e. The zero-order valence-electron chi connectivity index (χ0n) is 14.8. The Hall–Kier alpha value is -1.35. The second-order valence-corrected chi connectivity index (χ2v) is 7.09. The Bertz CT molecular complexity index is 466. The number of aryl methyl sites for hydroxylation is 1. The lowest BCUT2D eigenvalue weighted by Crippen LogP contribution is -2.49. The zero-order chi connectivity index (χ0) is 16.7. The van der Waals surface area contributed by atoms with Gasteiger partial charge in [0.1, 0.15) is 6.04 Å². The Morgan fingerprint density at radius 1 is 1.22 bits per heavy atom. The molecule has 1 saturated carbocycles. The normalized spacial score (nSPS) is 18.1. The number of carbonyl (C=O) groups is 1. The van der Waals surface area contributed by atoms with E-state index >= 15 is 0 Å². The van der Waals surface area contributed by atoms with Crippen molar-refractivity contribution in [1.29, 1.82) is 0 Å². The summed E-state index contributed by atoms with van der Waals surface area (Å²) in [5.74, 6) is 0.787. The summed E-state index contributed by atoms with van der Waals surface area (Å²) in [6, 6.07) is 10.8. The lowest BCUT2D eigenvalue weighted by molar-refractivity contribution is -0.144. The van der Waals surface area contributed by atoms with E-state index in [1.807, 2.05) is 0 Å². The molecule has 0 heterocycles. The zero-order valence-corrected chi connectivity index (χ0v) is 14.8. The molecule has 128 valence electrons. The number of nitrogens with one attached hydrogen (secondary N) is 1. The van der Waals surface area contributed by atoms with Gasteiger partial charge >= 0.3 is 5.97 Å². The van der Waals surface area contributed by atoms with Crippen molar-refractivity contribution in [2.24, 2.45) is 11.8 Å². The molecule has 1 N–H and O–H groups in total. The lowest BCUT2D eigenvalue weighted by atomic mass is 9.90. The number of benzene rings is 1. The summed E-state index contributed by atoms with van der Waals surface area (Å²) in [4.78, 5) is 12.1. The molecule has 3 heteroatoms. The molecule has 1 aromatic carbocycles. The molecule has 1 aliphatic rings. The van der Waals surface area contributed by atoms with Gasteiger partial charge in [0.2, 0.25) is 0 Å². The van der Waals surface area contributed by atoms with E-state index in [2.05, 4.69) is 49.5 Å². The van der Waals surface area contributed by atoms with Crippen molar-refractivity contribution in [3.8, 4) is 0 Å². The van der Waals surface area contributed by atoms with Crippen molar-refractivity contribution in [3.05, 3.63) is 35.9 Å². The SMILES string of the molecule is COC(=O)[C@@H](N[C@H](CCc1ccccc1)C1CCCC1)C(C)C. The van der Waals surface area contributed by atoms with Crippen molar-refractivity contribution < 1.29 is 9.53 Å². The minimum Gasteiger partial charge on any atom is -0.468 e. The van der Waals surface area contributed by atoms with Crippen LogP contribution < -0.4 is 5.32 Å². The molecule has 0 saturated heterocycles. The van der Waals surface area contributed by atoms with Gasteiger partial charge < -0.3 is 10.1 Å². The van der Waals surface area contributed by atoms with Crippen LogP contribution >= 0.6 is 0 Å². The van der Waals surface area contributed by atoms with Crippen LogP contribution in [0, 0.1) is 11.8 Å². The average molecular weight is 317 g/mol. The van der Waals surface area contributed by atoms with Crippen LogP contribution in [0.2, 0.25) is 0 Å². The van der Waals surface area contributed by atoms with Crippen LogP contribution in [0.15, 0.2) is 30.3 Å². The molecule has 0 radical (unpaired) electrons. The van der Waals surface area contributed by atoms with Crippen LogP contribution in [0.3, 0.4) is 0 Å². The molecule has 1 fully saturated rings. The molecule has 1 aromatic rings. The second-order valence-electron chi connectivity index (χ2n) is 7.09. The van der Waals surface area contributed by atoms with E-state index < -0.39 is 0 Å². The molecule has 0 aromatic heterocycles. The highest BCUT2D eigenvalue weighted by molar-refractivity contribution is 5.76. The first kappa shape index (κ1) is 18.0. The molecular weight excluding hydrogens is 286 g/mol. The van der Waals surface area contributed by atoms with Crippen LogP contribution in [0.1, 0.15) is 51.5 Å². The molecule has 2 atom stereocenters. The van der Waals surface area contributed by atoms with Crippen LogP contribution in [-0.2, 0) is 16.0 Å². The Labute approximate surface area is 140 Å². The first-order valence-corrected chi connectivity index (χ1v) is 8.99. The Balaban J connectivity index is 2.02. The first-order valence-electron chi connectivity index (χ1n) is 8.99. The Morgan fingerprint density at radius 3 is 2.43 bits per heavy atom. The fourth-order valence-electron chi connectivity index (χ4n) is 3.67. The number of hydrogen-bond donors (Lipinski definition) is 1. The summed E-state index contributed by atoms with van der Waals surface area (Å²) in [5.41, 5.74) is 1.37. The molecular formula is C20H31NO2. The van der Waals surface area contributed by atoms with Gasteiger partial charge in [-0.25, -0.2) is 0 Å². The lowest BCUT2D eigenvalue weighted by Gasteiger charge is -2.30. The highest BCUT2D eigenvalue weighted by atomic mass is 16.5. The van der Waals surface area contributed by atoms with E-state index in [1.165, 1.54) is 38.4 Å². The number of hydrogen-bond acceptors (Lipinski definition) is 3. The molecule has 2 rings (SSSR count). The third kappa shape index (κ3) is 5.35. The first-order chi connectivity index (χ1) is 11.1. The average Bonchev–Trinajstić information content (AvgIpc) is 3.09. The van der Waals surface area contributed by atoms with Crippen LogP contribution in [-0.4, -0.2) is 25.2 Å². The molecule has 0 aliphatic heterocycles. The molecule has 0 bridgehead atoms. The van der Waals surface area contributed by atoms with Gasteiger partial charge in [-0.1, -0.05) is 57.0 Å². The van der Waals surface area contributed by atoms with Gasteiger partial charge in [0.15, 0.2) is 0 Å². The summed E-state index contributed by atoms with van der Waals surface area (Å²) in [6.45, 7) is 4.16. The molecule has 0 unspecified atom stereocenters. The maximum absolute atomic E-state index is 12.1. The quantitative estimate of drug-likeness (QED) is 0.737. The molecule has 23 heavy (non-hydrogen) atoms. The number of esters is 1. The standard InChI is InChI=1S/C20H31NO2/c1-15(2)19(20(22)23-3)21-18(17-11-7-8-12-17)14-13-16-9-5-4-6-10-16/h4-6,9-10,15,17-19,21H,7-8,11-14H2,1-3H3/t18-,19+/m1/s1. The van der Waals surface area contributed by atoms with Gasteiger partial charge in [-0.2, -0.15) is 0 Å². The topological polar surface area (TPSA) is 38.3 Å². The molecule has 0 spiro atoms. The minimum atomic E-state index is -0.207. The van der Waals surface area contributed by atoms with Crippen molar-refractivity contribution in [2.75, 3.05) is 7.11 Å². The monoisotopic (exact) mass is 317 g/mol. The Morgan fingerprint density at radius 2 is 1.87 bits per heavy atom. The van der Waals surface area contributed by atoms with Crippen molar-refractivity contribution in [2.45, 2.75) is 64.5 Å². The molecule has 0 amide bonds. The summed E-state index contributed by atoms with van der Waals surface area (Å²) in [6.07, 6.45) is 7.32. The van der Waals surface area contributed by atoms with Gasteiger partial charge in [0, 0.05) is 6.04 Å². The van der Waals surface area contributed by atoms with E-state index in [-0.39, 0.29) is 17.9 Å². The van der Waals surface area contributed by atoms with Crippen LogP contribution in [0.5, 0.6) is 0 Å². The summed E-state index contributed by atoms with van der Waals surface area (Å²) >= 11 is 0. The predicted molar refractivity (Wildman–Crippen MR) is 94.3 cm³/mol. The van der Waals surface area contributed by atoms with E-state index in [0.717, 1.165) is 12.8 Å². The van der Waals surface area contributed by atoms with Gasteiger partial charge in [-0.15, -0.1) is 0 Å². The van der Waals surface area contributed by atoms with Crippen molar-refractivity contribution >= 4 is 5.97 Å². The second kappa shape index (κ2) is 9.07. The molecule has 3 nitrogen and oxygen atoms in total. The number of carbonyl (C=O) groups excluding carboxylic acids is 1. The third-order valence-corrected chi connectivity index (χ3v) is 5.07. The van der Waals surface area contributed by atoms with Crippen LogP contribution in [0.25, 0.3) is 0 Å². The highest BCUT2D eigenvalue weighted by Gasteiger charge is 2.31. The molecule has 1 aliphatic carbocycles. The maximum Gasteiger partial charge on any atom is 0.323 e. The van der Waals surface area contributed by atoms with E-state index in [0.29, 0.717) is 12.0 Å². The predicted octanol–water partition coefficient (Wildman–Crippen LogP) is 3.97. The van der Waals surface area contributed by atoms with Crippen molar-refractivity contribution in [1.82, 2.24) is 5.32 Å². The maximum atomic E-state index is 12.1. The highest BCUT2D eigenvalue weighted by Crippen LogP contribution is 2.30. The van der Waals surface area contributed by atoms with Crippen LogP contribution in [0.4, 0.5) is 0 Å². The summed E-state index contributed by atoms with van der Waals surface area (Å²) < 4.78 is 5.00. The fraction of sp³-hybridized carbons (Fsp3) is 0.650. The minimum absolute atomic E-state index is 0.136. The van der Waals surface area contributed by atoms with E-state index in [1.54, 1.807) is 0 Å². The van der Waals surface area contributed by atoms with E-state index in [9.17, 15) is 4.79 Å². The third-order valence-electron chi connectivity index (χ3n) is 5.07. The fourth-order valence-corrected chi connectivity index (χ4v) is 3.67. The van der Waals surface area contributed by atoms with Gasteiger partial charge in [-0.3, -0.25) is 4.79 Å². The number of methoxy groups -OCH3 is 1. The van der Waals surface area contributed by atoms with Gasteiger partial charge in [-0.05, 0) is 43.1 Å². The number of ether oxygens (including phenoxy) is 1. The summed E-state index contributed by atoms with van der Waals surface area (Å²) in [7, 11) is 1.48. The number of rotatable bonds is 8. The Kier molecular flexibility index (Phi) is 7.10. The summed E-state index contributed by atoms with van der Waals surface area (Å²) in [5, 5.41) is 3.64. The van der Waals surface area contributed by atoms with Gasteiger partial charge in [0.25, 0.3) is 0 Å². The largest absolute Gasteiger partial charge is 0.468 e. The van der Waals surface area contributed by atoms with Gasteiger partial charge in [0.05, 0.1) is 7.11 Å². The van der Waals surface area contributed by atoms with E-state index in [4.69, 9.17) is 4.74 Å².